The Morgan fingerprint density at radius 1 is 0.867 bits per heavy atom. The van der Waals surface area contributed by atoms with Gasteiger partial charge in [0.05, 0.1) is 17.1 Å². The average Bonchev–Trinajstić information content (AvgIpc) is 3.04. The zero-order chi connectivity index (χ0) is 21.5. The Bertz CT molecular complexity index is 1150. The molecule has 8 nitrogen and oxygen atoms in total. The summed E-state index contributed by atoms with van der Waals surface area (Å²) in [5.41, 5.74) is 3.93. The van der Waals surface area contributed by atoms with E-state index in [1.807, 2.05) is 50.4 Å². The molecule has 158 valence electrons. The van der Waals surface area contributed by atoms with Gasteiger partial charge >= 0.3 is 0 Å². The molecule has 1 aliphatic rings. The molecule has 0 aliphatic carbocycles. The van der Waals surface area contributed by atoms with Crippen molar-refractivity contribution >= 4 is 10.0 Å². The summed E-state index contributed by atoms with van der Waals surface area (Å²) in [5, 5.41) is 13.1. The second-order valence-electron chi connectivity index (χ2n) is 7.76. The van der Waals surface area contributed by atoms with E-state index in [4.69, 9.17) is 0 Å². The van der Waals surface area contributed by atoms with E-state index >= 15 is 0 Å². The minimum Gasteiger partial charge on any atom is -0.304 e. The molecule has 4 rings (SSSR count). The molecule has 2 aromatic heterocycles. The molecule has 3 heterocycles. The Hall–Kier alpha value is -2.62. The van der Waals surface area contributed by atoms with Crippen LogP contribution in [0.15, 0.2) is 41.3 Å². The van der Waals surface area contributed by atoms with Crippen molar-refractivity contribution in [2.75, 3.05) is 33.2 Å². The van der Waals surface area contributed by atoms with Crippen LogP contribution < -0.4 is 0 Å². The van der Waals surface area contributed by atoms with E-state index in [0.717, 1.165) is 24.3 Å². The topological polar surface area (TPSA) is 84.2 Å². The number of sulfonamides is 1. The van der Waals surface area contributed by atoms with Crippen LogP contribution in [0, 0.1) is 20.8 Å². The van der Waals surface area contributed by atoms with Crippen LogP contribution in [0.3, 0.4) is 0 Å². The first-order valence-electron chi connectivity index (χ1n) is 9.93. The second kappa shape index (κ2) is 7.90. The fraction of sp³-hybridized carbons (Fsp3) is 0.381. The molecule has 0 saturated carbocycles. The highest BCUT2D eigenvalue weighted by Gasteiger charge is 2.33. The zero-order valence-electron chi connectivity index (χ0n) is 17.7. The molecule has 0 spiro atoms. The molecule has 30 heavy (non-hydrogen) atoms. The van der Waals surface area contributed by atoms with Crippen LogP contribution in [0.25, 0.3) is 17.1 Å². The molecular weight excluding hydrogens is 400 g/mol. The fourth-order valence-electron chi connectivity index (χ4n) is 3.70. The predicted octanol–water partition coefficient (Wildman–Crippen LogP) is 2.19. The average molecular weight is 427 g/mol. The van der Waals surface area contributed by atoms with Gasteiger partial charge in [0.25, 0.3) is 0 Å². The van der Waals surface area contributed by atoms with Crippen molar-refractivity contribution in [3.63, 3.8) is 0 Å². The number of rotatable bonds is 4. The van der Waals surface area contributed by atoms with Gasteiger partial charge in [-0.05, 0) is 40.0 Å². The standard InChI is InChI=1S/C21H26N6O2S/c1-15-5-7-18(8-6-15)19-9-10-20(23-22-19)27-17(3)21(16(2)24-27)30(28,29)26-13-11-25(4)12-14-26/h5-10H,11-14H2,1-4H3. The summed E-state index contributed by atoms with van der Waals surface area (Å²) in [6.45, 7) is 7.92. The van der Waals surface area contributed by atoms with E-state index in [0.29, 0.717) is 30.3 Å². The number of aryl methyl sites for hydroxylation is 2. The smallest absolute Gasteiger partial charge is 0.246 e. The maximum Gasteiger partial charge on any atom is 0.246 e. The van der Waals surface area contributed by atoms with Crippen molar-refractivity contribution in [1.82, 2.24) is 29.2 Å². The molecule has 0 atom stereocenters. The Morgan fingerprint density at radius 3 is 2.13 bits per heavy atom. The number of hydrogen-bond donors (Lipinski definition) is 0. The second-order valence-corrected chi connectivity index (χ2v) is 9.64. The Labute approximate surface area is 177 Å². The monoisotopic (exact) mass is 426 g/mol. The largest absolute Gasteiger partial charge is 0.304 e. The van der Waals surface area contributed by atoms with E-state index in [-0.39, 0.29) is 4.90 Å². The lowest BCUT2D eigenvalue weighted by molar-refractivity contribution is 0.222. The number of piperazine rings is 1. The van der Waals surface area contributed by atoms with Crippen molar-refractivity contribution in [2.24, 2.45) is 0 Å². The van der Waals surface area contributed by atoms with Crippen LogP contribution in [0.4, 0.5) is 0 Å². The molecule has 0 N–H and O–H groups in total. The normalized spacial score (nSPS) is 16.1. The van der Waals surface area contributed by atoms with Crippen LogP contribution in [0.1, 0.15) is 17.0 Å². The lowest BCUT2D eigenvalue weighted by atomic mass is 10.1. The minimum atomic E-state index is -3.61. The Morgan fingerprint density at radius 2 is 1.53 bits per heavy atom. The first-order chi connectivity index (χ1) is 14.3. The van der Waals surface area contributed by atoms with Crippen molar-refractivity contribution in [3.05, 3.63) is 53.3 Å². The quantitative estimate of drug-likeness (QED) is 0.636. The number of benzene rings is 1. The van der Waals surface area contributed by atoms with Gasteiger partial charge in [0, 0.05) is 31.7 Å². The molecule has 0 radical (unpaired) electrons. The van der Waals surface area contributed by atoms with E-state index < -0.39 is 10.0 Å². The van der Waals surface area contributed by atoms with E-state index in [9.17, 15) is 8.42 Å². The van der Waals surface area contributed by atoms with E-state index in [2.05, 4.69) is 20.2 Å². The van der Waals surface area contributed by atoms with Crippen molar-refractivity contribution in [1.29, 1.82) is 0 Å². The van der Waals surface area contributed by atoms with Crippen LogP contribution in [-0.2, 0) is 10.0 Å². The number of aromatic nitrogens is 4. The maximum atomic E-state index is 13.3. The maximum absolute atomic E-state index is 13.3. The third-order valence-corrected chi connectivity index (χ3v) is 7.65. The summed E-state index contributed by atoms with van der Waals surface area (Å²) in [7, 11) is -1.62. The summed E-state index contributed by atoms with van der Waals surface area (Å²) in [6.07, 6.45) is 0. The number of hydrogen-bond acceptors (Lipinski definition) is 6. The molecule has 3 aromatic rings. The molecule has 0 bridgehead atoms. The van der Waals surface area contributed by atoms with Crippen LogP contribution in [0.5, 0.6) is 0 Å². The van der Waals surface area contributed by atoms with Crippen molar-refractivity contribution in [3.8, 4) is 17.1 Å². The summed E-state index contributed by atoms with van der Waals surface area (Å²) in [4.78, 5) is 2.39. The van der Waals surface area contributed by atoms with Crippen LogP contribution in [0.2, 0.25) is 0 Å². The summed E-state index contributed by atoms with van der Waals surface area (Å²) < 4.78 is 29.6. The third kappa shape index (κ3) is 3.76. The first kappa shape index (κ1) is 20.6. The van der Waals surface area contributed by atoms with Gasteiger partial charge in [-0.1, -0.05) is 29.8 Å². The van der Waals surface area contributed by atoms with Crippen LogP contribution in [-0.4, -0.2) is 70.8 Å². The zero-order valence-corrected chi connectivity index (χ0v) is 18.5. The molecule has 0 unspecified atom stereocenters. The van der Waals surface area contributed by atoms with Crippen molar-refractivity contribution in [2.45, 2.75) is 25.7 Å². The fourth-order valence-corrected chi connectivity index (χ4v) is 5.47. The molecule has 1 saturated heterocycles. The molecule has 1 fully saturated rings. The highest BCUT2D eigenvalue weighted by Crippen LogP contribution is 2.26. The van der Waals surface area contributed by atoms with Gasteiger partial charge in [0.1, 0.15) is 4.90 Å². The molecular formula is C21H26N6O2S. The molecule has 1 aromatic carbocycles. The summed E-state index contributed by atoms with van der Waals surface area (Å²) in [5.74, 6) is 0.492. The summed E-state index contributed by atoms with van der Waals surface area (Å²) >= 11 is 0. The van der Waals surface area contributed by atoms with Gasteiger partial charge in [-0.15, -0.1) is 10.2 Å². The van der Waals surface area contributed by atoms with E-state index in [1.54, 1.807) is 22.8 Å². The van der Waals surface area contributed by atoms with Gasteiger partial charge in [0.2, 0.25) is 10.0 Å². The van der Waals surface area contributed by atoms with Gasteiger partial charge in [-0.3, -0.25) is 0 Å². The van der Waals surface area contributed by atoms with E-state index in [1.165, 1.54) is 5.56 Å². The highest BCUT2D eigenvalue weighted by atomic mass is 32.2. The third-order valence-electron chi connectivity index (χ3n) is 5.50. The Kier molecular flexibility index (Phi) is 5.44. The molecule has 1 aliphatic heterocycles. The minimum absolute atomic E-state index is 0.261. The van der Waals surface area contributed by atoms with Gasteiger partial charge < -0.3 is 4.90 Å². The van der Waals surface area contributed by atoms with Gasteiger partial charge in [-0.25, -0.2) is 13.1 Å². The van der Waals surface area contributed by atoms with Gasteiger partial charge in [-0.2, -0.15) is 9.40 Å². The van der Waals surface area contributed by atoms with Crippen LogP contribution >= 0.6 is 0 Å². The first-order valence-corrected chi connectivity index (χ1v) is 11.4. The lowest BCUT2D eigenvalue weighted by Gasteiger charge is -2.31. The van der Waals surface area contributed by atoms with Crippen molar-refractivity contribution < 1.29 is 8.42 Å². The number of likely N-dealkylation sites (N-methyl/N-ethyl adjacent to an activating group) is 1. The Balaban J connectivity index is 1.66. The summed E-state index contributed by atoms with van der Waals surface area (Å²) in [6, 6.07) is 11.8. The predicted molar refractivity (Wildman–Crippen MR) is 115 cm³/mol. The lowest BCUT2D eigenvalue weighted by Crippen LogP contribution is -2.47. The molecule has 9 heteroatoms. The number of nitrogens with zero attached hydrogens (tertiary/aromatic N) is 6. The highest BCUT2D eigenvalue weighted by molar-refractivity contribution is 7.89. The van der Waals surface area contributed by atoms with Gasteiger partial charge in [0.15, 0.2) is 5.82 Å². The SMILES string of the molecule is Cc1ccc(-c2ccc(-n3nc(C)c(S(=O)(=O)N4CCN(C)CC4)c3C)nn2)cc1. The molecule has 0 amide bonds.